The lowest BCUT2D eigenvalue weighted by Crippen LogP contribution is -2.57. The number of nitrogens with one attached hydrogen (secondary N) is 2. The first-order valence-corrected chi connectivity index (χ1v) is 12.9. The zero-order chi connectivity index (χ0) is 25.0. The van der Waals surface area contributed by atoms with E-state index in [1.807, 2.05) is 36.4 Å². The van der Waals surface area contributed by atoms with Crippen LogP contribution in [-0.4, -0.2) is 56.8 Å². The smallest absolute Gasteiger partial charge is 0.319 e. The van der Waals surface area contributed by atoms with Crippen molar-refractivity contribution in [2.75, 3.05) is 25.0 Å². The van der Waals surface area contributed by atoms with Crippen LogP contribution in [0.5, 0.6) is 0 Å². The maximum atomic E-state index is 13.2. The van der Waals surface area contributed by atoms with E-state index in [0.29, 0.717) is 11.5 Å². The Labute approximate surface area is 211 Å². The number of aryl methyl sites for hydroxylation is 1. The van der Waals surface area contributed by atoms with Crippen molar-refractivity contribution in [3.63, 3.8) is 0 Å². The van der Waals surface area contributed by atoms with Gasteiger partial charge in [0.05, 0.1) is 0 Å². The maximum absolute atomic E-state index is 13.2. The van der Waals surface area contributed by atoms with Crippen molar-refractivity contribution in [3.8, 4) is 11.4 Å². The number of carbonyl (C=O) groups excluding carboxylic acids is 1. The van der Waals surface area contributed by atoms with Crippen LogP contribution in [0, 0.1) is 11.2 Å². The molecule has 0 radical (unpaired) electrons. The second-order valence-corrected chi connectivity index (χ2v) is 10.2. The van der Waals surface area contributed by atoms with Crippen LogP contribution >= 0.6 is 0 Å². The number of anilines is 1. The molecule has 2 N–H and O–H groups in total. The van der Waals surface area contributed by atoms with Gasteiger partial charge in [-0.05, 0) is 78.9 Å². The summed E-state index contributed by atoms with van der Waals surface area (Å²) in [5.41, 5.74) is 2.82. The molecular formula is C27H34FN7O. The quantitative estimate of drug-likeness (QED) is 0.534. The highest BCUT2D eigenvalue weighted by atomic mass is 19.1. The summed E-state index contributed by atoms with van der Waals surface area (Å²) >= 11 is 0. The van der Waals surface area contributed by atoms with Gasteiger partial charge in [0.25, 0.3) is 0 Å². The molecule has 1 saturated carbocycles. The number of nitrogens with zero attached hydrogens (tertiary/aromatic N) is 5. The monoisotopic (exact) mass is 491 g/mol. The first-order chi connectivity index (χ1) is 17.5. The van der Waals surface area contributed by atoms with Crippen LogP contribution in [0.1, 0.15) is 44.1 Å². The number of likely N-dealkylation sites (tertiary alicyclic amines) is 1. The lowest BCUT2D eigenvalue weighted by molar-refractivity contribution is 0.0276. The topological polar surface area (TPSA) is 88.0 Å². The highest BCUT2D eigenvalue weighted by Crippen LogP contribution is 2.43. The number of hydrogen-bond donors (Lipinski definition) is 2. The molecule has 1 aliphatic heterocycles. The molecule has 8 nitrogen and oxygen atoms in total. The van der Waals surface area contributed by atoms with Crippen molar-refractivity contribution in [1.29, 1.82) is 0 Å². The number of urea groups is 1. The molecule has 1 aliphatic carbocycles. The Bertz CT molecular complexity index is 1180. The van der Waals surface area contributed by atoms with Crippen LogP contribution in [0.3, 0.4) is 0 Å². The van der Waals surface area contributed by atoms with Crippen molar-refractivity contribution in [2.45, 2.75) is 51.0 Å². The largest absolute Gasteiger partial charge is 0.335 e. The molecule has 2 aromatic carbocycles. The Morgan fingerprint density at radius 3 is 2.78 bits per heavy atom. The van der Waals surface area contributed by atoms with Crippen LogP contribution in [0.2, 0.25) is 0 Å². The summed E-state index contributed by atoms with van der Waals surface area (Å²) in [7, 11) is 1.79. The van der Waals surface area contributed by atoms with Crippen LogP contribution in [0.15, 0.2) is 48.5 Å². The van der Waals surface area contributed by atoms with Crippen molar-refractivity contribution < 1.29 is 9.18 Å². The van der Waals surface area contributed by atoms with Crippen molar-refractivity contribution in [2.24, 2.45) is 12.5 Å². The fourth-order valence-corrected chi connectivity index (χ4v) is 5.94. The molecule has 3 aromatic rings. The van der Waals surface area contributed by atoms with Crippen molar-refractivity contribution >= 4 is 11.7 Å². The number of tetrazole rings is 1. The van der Waals surface area contributed by atoms with Gasteiger partial charge in [0.2, 0.25) is 0 Å². The van der Waals surface area contributed by atoms with E-state index in [1.54, 1.807) is 11.7 Å². The number of carbonyl (C=O) groups is 1. The van der Waals surface area contributed by atoms with E-state index in [1.165, 1.54) is 18.6 Å². The number of hydrogen-bond acceptors (Lipinski definition) is 5. The predicted molar refractivity (Wildman–Crippen MR) is 137 cm³/mol. The number of benzene rings is 2. The van der Waals surface area contributed by atoms with E-state index >= 15 is 0 Å². The van der Waals surface area contributed by atoms with Crippen LogP contribution in [-0.2, 0) is 13.5 Å². The standard InChI is InChI=1S/C27H34FN7O/c1-34-25(31-32-33-34)21-6-4-7-23(18-21)29-26(36)30-24-8-2-3-14-27(24)15-5-16-35(19-27)17-13-20-9-11-22(28)12-10-20/h4,6-7,9-12,18,24H,2-3,5,8,13-17,19H2,1H3,(H2,29,30,36)/t24-,27+/m1/s1. The molecular weight excluding hydrogens is 457 g/mol. The van der Waals surface area contributed by atoms with E-state index in [9.17, 15) is 9.18 Å². The van der Waals surface area contributed by atoms with Gasteiger partial charge in [0.15, 0.2) is 5.82 Å². The Kier molecular flexibility index (Phi) is 7.27. The zero-order valence-electron chi connectivity index (χ0n) is 20.8. The van der Waals surface area contributed by atoms with Gasteiger partial charge < -0.3 is 15.5 Å². The molecule has 2 amide bonds. The van der Waals surface area contributed by atoms with Crippen LogP contribution < -0.4 is 10.6 Å². The molecule has 0 unspecified atom stereocenters. The second kappa shape index (κ2) is 10.7. The summed E-state index contributed by atoms with van der Waals surface area (Å²) in [5, 5.41) is 18.0. The summed E-state index contributed by atoms with van der Waals surface area (Å²) in [5.74, 6) is 0.454. The average Bonchev–Trinajstić information content (AvgIpc) is 3.31. The van der Waals surface area contributed by atoms with E-state index in [-0.39, 0.29) is 23.3 Å². The molecule has 1 aromatic heterocycles. The molecule has 1 spiro atoms. The zero-order valence-corrected chi connectivity index (χ0v) is 20.8. The molecule has 2 atom stereocenters. The van der Waals surface area contributed by atoms with Gasteiger partial charge in [-0.3, -0.25) is 0 Å². The minimum absolute atomic E-state index is 0.1000. The predicted octanol–water partition coefficient (Wildman–Crippen LogP) is 4.41. The fraction of sp³-hybridized carbons (Fsp3) is 0.481. The van der Waals surface area contributed by atoms with Gasteiger partial charge in [-0.25, -0.2) is 13.9 Å². The Hall–Kier alpha value is -3.33. The summed E-state index contributed by atoms with van der Waals surface area (Å²) in [6.45, 7) is 3.02. The van der Waals surface area contributed by atoms with Crippen LogP contribution in [0.25, 0.3) is 11.4 Å². The number of halogens is 1. The normalized spacial score (nSPS) is 22.4. The lowest BCUT2D eigenvalue weighted by Gasteiger charge is -2.50. The molecule has 36 heavy (non-hydrogen) atoms. The van der Waals surface area contributed by atoms with E-state index in [2.05, 4.69) is 31.1 Å². The molecule has 1 saturated heterocycles. The van der Waals surface area contributed by atoms with E-state index < -0.39 is 0 Å². The highest BCUT2D eigenvalue weighted by Gasteiger charge is 2.44. The first-order valence-electron chi connectivity index (χ1n) is 12.9. The molecule has 0 bridgehead atoms. The van der Waals surface area contributed by atoms with Crippen molar-refractivity contribution in [3.05, 3.63) is 59.9 Å². The third-order valence-corrected chi connectivity index (χ3v) is 7.78. The third-order valence-electron chi connectivity index (χ3n) is 7.78. The van der Waals surface area contributed by atoms with E-state index in [4.69, 9.17) is 0 Å². The number of piperidine rings is 1. The minimum atomic E-state index is -0.192. The lowest BCUT2D eigenvalue weighted by atomic mass is 9.65. The molecule has 2 aliphatic rings. The summed E-state index contributed by atoms with van der Waals surface area (Å²) < 4.78 is 14.9. The molecule has 190 valence electrons. The van der Waals surface area contributed by atoms with Crippen LogP contribution in [0.4, 0.5) is 14.9 Å². The van der Waals surface area contributed by atoms with Gasteiger partial charge in [-0.1, -0.05) is 37.1 Å². The fourth-order valence-electron chi connectivity index (χ4n) is 5.94. The molecule has 2 fully saturated rings. The molecule has 2 heterocycles. The first kappa shape index (κ1) is 24.4. The average molecular weight is 492 g/mol. The Balaban J connectivity index is 1.22. The maximum Gasteiger partial charge on any atom is 0.319 e. The van der Waals surface area contributed by atoms with Crippen molar-refractivity contribution in [1.82, 2.24) is 30.4 Å². The highest BCUT2D eigenvalue weighted by molar-refractivity contribution is 5.90. The molecule has 9 heteroatoms. The summed E-state index contributed by atoms with van der Waals surface area (Å²) in [4.78, 5) is 15.6. The number of rotatable bonds is 6. The van der Waals surface area contributed by atoms with Gasteiger partial charge in [-0.15, -0.1) is 5.10 Å². The Morgan fingerprint density at radius 2 is 1.97 bits per heavy atom. The van der Waals surface area contributed by atoms with Gasteiger partial charge in [-0.2, -0.15) is 0 Å². The molecule has 5 rings (SSSR count). The number of aromatic nitrogens is 4. The Morgan fingerprint density at radius 1 is 1.14 bits per heavy atom. The summed E-state index contributed by atoms with van der Waals surface area (Å²) in [6.07, 6.45) is 7.67. The minimum Gasteiger partial charge on any atom is -0.335 e. The second-order valence-electron chi connectivity index (χ2n) is 10.2. The van der Waals surface area contributed by atoms with Gasteiger partial charge in [0.1, 0.15) is 5.82 Å². The summed E-state index contributed by atoms with van der Waals surface area (Å²) in [6, 6.07) is 14.4. The van der Waals surface area contributed by atoms with E-state index in [0.717, 1.165) is 69.3 Å². The SMILES string of the molecule is Cn1nnnc1-c1cccc(NC(=O)N[C@@H]2CCCC[C@@]23CCCN(CCc2ccc(F)cc2)C3)c1. The number of amides is 2. The van der Waals surface area contributed by atoms with Gasteiger partial charge in [0, 0.05) is 42.8 Å². The van der Waals surface area contributed by atoms with Gasteiger partial charge >= 0.3 is 6.03 Å². The third kappa shape index (κ3) is 5.56.